The van der Waals surface area contributed by atoms with E-state index in [0.29, 0.717) is 12.8 Å². The quantitative estimate of drug-likeness (QED) is 0.230. The number of aliphatic hydroxyl groups is 2. The monoisotopic (exact) mass is 684 g/mol. The van der Waals surface area contributed by atoms with Crippen LogP contribution in [0.2, 0.25) is 0 Å². The molecule has 2 fully saturated rings. The molecule has 49 heavy (non-hydrogen) atoms. The van der Waals surface area contributed by atoms with E-state index >= 15 is 0 Å². The highest BCUT2D eigenvalue weighted by Crippen LogP contribution is 2.55. The maximum Gasteiger partial charge on any atom is 0.202 e. The van der Waals surface area contributed by atoms with Crippen molar-refractivity contribution in [2.24, 2.45) is 0 Å². The van der Waals surface area contributed by atoms with Crippen LogP contribution >= 0.6 is 0 Å². The van der Waals surface area contributed by atoms with Gasteiger partial charge in [-0.05, 0) is 67.4 Å². The average molecular weight is 685 g/mol. The highest BCUT2D eigenvalue weighted by molar-refractivity contribution is 6.31. The second-order valence-electron chi connectivity index (χ2n) is 14.3. The summed E-state index contributed by atoms with van der Waals surface area (Å²) >= 11 is 0. The molecular weight excluding hydrogens is 636 g/mol. The number of carbonyl (C=O) groups excluding carboxylic acids is 2. The lowest BCUT2D eigenvalue weighted by molar-refractivity contribution is -0.323. The van der Waals surface area contributed by atoms with Crippen molar-refractivity contribution < 1.29 is 54.1 Å². The Morgan fingerprint density at radius 2 is 1.41 bits per heavy atom. The minimum Gasteiger partial charge on any atom is -0.507 e. The van der Waals surface area contributed by atoms with Gasteiger partial charge in [-0.15, -0.1) is 0 Å². The molecule has 10 atom stereocenters. The summed E-state index contributed by atoms with van der Waals surface area (Å²) < 4.78 is 26.0. The van der Waals surface area contributed by atoms with Crippen LogP contribution in [0.5, 0.6) is 17.2 Å². The number of benzene rings is 2. The number of carbonyl (C=O) groups is 2. The number of ketones is 2. The fraction of sp³-hybridized carbons (Fsp3) is 0.611. The summed E-state index contributed by atoms with van der Waals surface area (Å²) in [6, 6.07) is 3.52. The molecule has 13 nitrogen and oxygen atoms in total. The smallest absolute Gasteiger partial charge is 0.202 e. The van der Waals surface area contributed by atoms with Crippen LogP contribution in [0, 0.1) is 0 Å². The number of phenols is 3. The van der Waals surface area contributed by atoms with Crippen LogP contribution in [0.3, 0.4) is 0 Å². The molecule has 2 aromatic rings. The van der Waals surface area contributed by atoms with Gasteiger partial charge in [0.05, 0.1) is 41.1 Å². The van der Waals surface area contributed by atoms with E-state index in [4.69, 9.17) is 18.9 Å². The lowest BCUT2D eigenvalue weighted by atomic mass is 9.71. The van der Waals surface area contributed by atoms with Gasteiger partial charge in [0.25, 0.3) is 0 Å². The van der Waals surface area contributed by atoms with E-state index in [9.17, 15) is 35.1 Å². The fourth-order valence-corrected chi connectivity index (χ4v) is 8.15. The summed E-state index contributed by atoms with van der Waals surface area (Å²) in [4.78, 5) is 31.5. The van der Waals surface area contributed by atoms with E-state index in [1.165, 1.54) is 18.2 Å². The number of phenolic OH excluding ortho intramolecular Hbond substituents is 3. The predicted molar refractivity (Wildman–Crippen MR) is 176 cm³/mol. The molecule has 0 bridgehead atoms. The molecule has 0 radical (unpaired) electrons. The van der Waals surface area contributed by atoms with Crippen molar-refractivity contribution >= 4 is 11.6 Å². The van der Waals surface area contributed by atoms with Crippen LogP contribution in [0.4, 0.5) is 0 Å². The molecule has 0 spiro atoms. The van der Waals surface area contributed by atoms with E-state index in [1.54, 1.807) is 13.8 Å². The summed E-state index contributed by atoms with van der Waals surface area (Å²) in [6.45, 7) is 5.43. The lowest BCUT2D eigenvalue weighted by Crippen LogP contribution is -2.57. The minimum absolute atomic E-state index is 0.0939. The van der Waals surface area contributed by atoms with Crippen LogP contribution in [0.1, 0.15) is 95.5 Å². The summed E-state index contributed by atoms with van der Waals surface area (Å²) in [5.74, 6) is -2.89. The zero-order valence-corrected chi connectivity index (χ0v) is 29.0. The Kier molecular flexibility index (Phi) is 9.61. The molecule has 268 valence electrons. The summed E-state index contributed by atoms with van der Waals surface area (Å²) in [6.07, 6.45) is -4.16. The number of aromatic hydroxyl groups is 3. The number of hydrogen-bond acceptors (Lipinski definition) is 13. The van der Waals surface area contributed by atoms with E-state index < -0.39 is 77.5 Å². The molecule has 2 heterocycles. The van der Waals surface area contributed by atoms with Crippen LogP contribution < -0.4 is 0 Å². The van der Waals surface area contributed by atoms with Crippen molar-refractivity contribution in [3.63, 3.8) is 0 Å². The molecule has 6 rings (SSSR count). The zero-order valence-electron chi connectivity index (χ0n) is 29.0. The molecule has 2 saturated heterocycles. The van der Waals surface area contributed by atoms with E-state index in [0.717, 1.165) is 0 Å². The van der Waals surface area contributed by atoms with Gasteiger partial charge in [-0.25, -0.2) is 0 Å². The van der Waals surface area contributed by atoms with Crippen LogP contribution in [0.15, 0.2) is 18.2 Å². The highest BCUT2D eigenvalue weighted by Gasteiger charge is 2.53. The Morgan fingerprint density at radius 1 is 0.837 bits per heavy atom. The number of aliphatic hydroxyl groups excluding tert-OH is 2. The second kappa shape index (κ2) is 13.2. The Balaban J connectivity index is 1.49. The van der Waals surface area contributed by atoms with Crippen LogP contribution in [-0.2, 0) is 25.4 Å². The summed E-state index contributed by atoms with van der Waals surface area (Å²) in [5, 5.41) is 56.1. The SMILES string of the molecule is CC[C@]1(O[C@H]2C[C@H](N(C)C)[C@H](O)[C@H](C)O2)CCc2c(O)c3c(c(O)c2[C@H]1O[C@H]1C[C@H](N(C)C)[C@H](O)[C@H](C)O1)C(=O)c1cccc(O)c1C3=O. The van der Waals surface area contributed by atoms with E-state index in [1.807, 2.05) is 44.9 Å². The largest absolute Gasteiger partial charge is 0.507 e. The minimum atomic E-state index is -1.19. The number of fused-ring (bicyclic) bond motifs is 3. The molecule has 0 aromatic heterocycles. The van der Waals surface area contributed by atoms with Crippen molar-refractivity contribution in [3.8, 4) is 17.2 Å². The molecule has 4 aliphatic rings. The highest BCUT2D eigenvalue weighted by atomic mass is 16.7. The molecular formula is C36H48N2O11. The van der Waals surface area contributed by atoms with Crippen molar-refractivity contribution in [3.05, 3.63) is 51.6 Å². The molecule has 0 unspecified atom stereocenters. The fourth-order valence-electron chi connectivity index (χ4n) is 8.15. The van der Waals surface area contributed by atoms with Gasteiger partial charge >= 0.3 is 0 Å². The number of nitrogens with zero attached hydrogens (tertiary/aromatic N) is 2. The van der Waals surface area contributed by atoms with Gasteiger partial charge < -0.3 is 54.3 Å². The van der Waals surface area contributed by atoms with Gasteiger partial charge in [-0.2, -0.15) is 0 Å². The molecule has 0 amide bonds. The number of ether oxygens (including phenoxy) is 4. The van der Waals surface area contributed by atoms with Crippen LogP contribution in [-0.4, -0.2) is 130 Å². The molecule has 5 N–H and O–H groups in total. The zero-order chi connectivity index (χ0) is 35.7. The summed E-state index contributed by atoms with van der Waals surface area (Å²) in [5.41, 5.74) is -1.94. The van der Waals surface area contributed by atoms with Crippen molar-refractivity contribution in [2.75, 3.05) is 28.2 Å². The first kappa shape index (κ1) is 35.7. The maximum atomic E-state index is 14.0. The Bertz CT molecular complexity index is 1630. The topological polar surface area (TPSA) is 179 Å². The number of rotatable bonds is 7. The van der Waals surface area contributed by atoms with Gasteiger partial charge in [-0.3, -0.25) is 9.59 Å². The first-order valence-corrected chi connectivity index (χ1v) is 17.0. The third-order valence-electron chi connectivity index (χ3n) is 11.0. The van der Waals surface area contributed by atoms with E-state index in [2.05, 4.69) is 0 Å². The molecule has 2 aliphatic heterocycles. The third kappa shape index (κ3) is 5.83. The second-order valence-corrected chi connectivity index (χ2v) is 14.3. The molecule has 13 heteroatoms. The Morgan fingerprint density at radius 3 is 2.00 bits per heavy atom. The van der Waals surface area contributed by atoms with Gasteiger partial charge in [-0.1, -0.05) is 19.1 Å². The third-order valence-corrected chi connectivity index (χ3v) is 11.0. The van der Waals surface area contributed by atoms with Crippen molar-refractivity contribution in [2.45, 2.75) is 114 Å². The standard InChI is InChI=1S/C36H48N2O11/c1-8-36(49-24-15-21(38(6)7)30(41)17(3)47-24)13-12-19-26(35(36)48-23-14-20(37(4)5)29(40)16(2)46-23)34(45)28-27(32(19)43)33(44)25-18(31(28)42)10-9-11-22(25)39/h9-11,16-17,20-21,23-24,29-30,35,39-41,43,45H,8,12-15H2,1-7H3/t16-,17-,20-,21-,23-,24-,29+,30+,35+,36-/m0/s1. The van der Waals surface area contributed by atoms with Gasteiger partial charge in [0.1, 0.15) is 29.0 Å². The average Bonchev–Trinajstić information content (AvgIpc) is 3.05. The van der Waals surface area contributed by atoms with Gasteiger partial charge in [0.2, 0.25) is 5.78 Å². The Labute approximate surface area is 285 Å². The number of likely N-dealkylation sites (N-methyl/N-ethyl adjacent to an activating group) is 2. The normalized spacial score (nSPS) is 34.6. The first-order chi connectivity index (χ1) is 23.1. The van der Waals surface area contributed by atoms with Gasteiger partial charge in [0, 0.05) is 41.6 Å². The summed E-state index contributed by atoms with van der Waals surface area (Å²) in [7, 11) is 7.45. The van der Waals surface area contributed by atoms with Gasteiger partial charge in [0.15, 0.2) is 18.4 Å². The number of hydrogen-bond donors (Lipinski definition) is 5. The maximum absolute atomic E-state index is 14.0. The Hall–Kier alpha value is -3.14. The first-order valence-electron chi connectivity index (χ1n) is 17.0. The van der Waals surface area contributed by atoms with E-state index in [-0.39, 0.29) is 64.7 Å². The molecule has 2 aromatic carbocycles. The molecule has 2 aliphatic carbocycles. The predicted octanol–water partition coefficient (Wildman–Crippen LogP) is 2.60. The molecule has 0 saturated carbocycles. The van der Waals surface area contributed by atoms with Crippen molar-refractivity contribution in [1.29, 1.82) is 0 Å². The van der Waals surface area contributed by atoms with Crippen molar-refractivity contribution in [1.82, 2.24) is 9.80 Å². The lowest BCUT2D eigenvalue weighted by Gasteiger charge is -2.50. The van der Waals surface area contributed by atoms with Crippen LogP contribution in [0.25, 0.3) is 0 Å².